The number of nitrogens with zero attached hydrogens (tertiary/aromatic N) is 2. The zero-order valence-electron chi connectivity index (χ0n) is 10.7. The van der Waals surface area contributed by atoms with E-state index in [0.717, 1.165) is 12.5 Å². The van der Waals surface area contributed by atoms with E-state index in [1.165, 1.54) is 44.1 Å². The van der Waals surface area contributed by atoms with Gasteiger partial charge in [0.2, 0.25) is 0 Å². The maximum absolute atomic E-state index is 4.12. The Morgan fingerprint density at radius 3 is 2.65 bits per heavy atom. The standard InChI is InChI=1S/C14H23N3/c1-2-17-14(13-9-15-11-16-10-13)8-7-12-5-3-4-6-12/h9-12,14,17H,2-8H2,1H3. The van der Waals surface area contributed by atoms with Crippen LogP contribution in [-0.2, 0) is 0 Å². The Labute approximate surface area is 104 Å². The van der Waals surface area contributed by atoms with Crippen molar-refractivity contribution in [1.29, 1.82) is 0 Å². The lowest BCUT2D eigenvalue weighted by atomic mass is 9.96. The Morgan fingerprint density at radius 1 is 1.29 bits per heavy atom. The molecule has 3 heteroatoms. The average Bonchev–Trinajstić information content (AvgIpc) is 2.88. The van der Waals surface area contributed by atoms with Crippen LogP contribution in [0, 0.1) is 5.92 Å². The molecule has 1 saturated carbocycles. The van der Waals surface area contributed by atoms with Crippen molar-refractivity contribution in [2.75, 3.05) is 6.54 Å². The van der Waals surface area contributed by atoms with E-state index in [9.17, 15) is 0 Å². The molecule has 0 aliphatic heterocycles. The van der Waals surface area contributed by atoms with Gasteiger partial charge in [-0.1, -0.05) is 32.6 Å². The van der Waals surface area contributed by atoms with Crippen molar-refractivity contribution in [3.63, 3.8) is 0 Å². The van der Waals surface area contributed by atoms with Crippen molar-refractivity contribution < 1.29 is 0 Å². The Hall–Kier alpha value is -0.960. The molecule has 1 aliphatic carbocycles. The number of hydrogen-bond acceptors (Lipinski definition) is 3. The molecule has 94 valence electrons. The zero-order valence-corrected chi connectivity index (χ0v) is 10.7. The summed E-state index contributed by atoms with van der Waals surface area (Å²) in [6.45, 7) is 3.16. The number of rotatable bonds is 6. The van der Waals surface area contributed by atoms with Gasteiger partial charge in [0.05, 0.1) is 0 Å². The van der Waals surface area contributed by atoms with Crippen molar-refractivity contribution in [2.24, 2.45) is 5.92 Å². The molecular formula is C14H23N3. The van der Waals surface area contributed by atoms with Gasteiger partial charge in [0.25, 0.3) is 0 Å². The van der Waals surface area contributed by atoms with Gasteiger partial charge in [0, 0.05) is 24.0 Å². The SMILES string of the molecule is CCNC(CCC1CCCC1)c1cncnc1. The summed E-state index contributed by atoms with van der Waals surface area (Å²) in [6, 6.07) is 0.432. The Bertz CT molecular complexity index is 307. The molecular weight excluding hydrogens is 210 g/mol. The van der Waals surface area contributed by atoms with Gasteiger partial charge in [-0.15, -0.1) is 0 Å². The van der Waals surface area contributed by atoms with Crippen LogP contribution < -0.4 is 5.32 Å². The van der Waals surface area contributed by atoms with Gasteiger partial charge in [-0.3, -0.25) is 0 Å². The number of aromatic nitrogens is 2. The molecule has 1 N–H and O–H groups in total. The quantitative estimate of drug-likeness (QED) is 0.820. The fourth-order valence-corrected chi connectivity index (χ4v) is 2.82. The lowest BCUT2D eigenvalue weighted by Gasteiger charge is -2.19. The van der Waals surface area contributed by atoms with Crippen LogP contribution in [0.1, 0.15) is 57.1 Å². The molecule has 3 nitrogen and oxygen atoms in total. The highest BCUT2D eigenvalue weighted by atomic mass is 14.9. The summed E-state index contributed by atoms with van der Waals surface area (Å²) in [6.07, 6.45) is 13.8. The van der Waals surface area contributed by atoms with Crippen LogP contribution in [0.15, 0.2) is 18.7 Å². The van der Waals surface area contributed by atoms with Crippen molar-refractivity contribution >= 4 is 0 Å². The first-order chi connectivity index (χ1) is 8.40. The molecule has 2 rings (SSSR count). The predicted octanol–water partition coefficient (Wildman–Crippen LogP) is 3.10. The lowest BCUT2D eigenvalue weighted by molar-refractivity contribution is 0.415. The van der Waals surface area contributed by atoms with E-state index < -0.39 is 0 Å². The van der Waals surface area contributed by atoms with Crippen molar-refractivity contribution in [3.05, 3.63) is 24.3 Å². The second kappa shape index (κ2) is 6.70. The van der Waals surface area contributed by atoms with Crippen LogP contribution in [0.4, 0.5) is 0 Å². The average molecular weight is 233 g/mol. The first-order valence-corrected chi connectivity index (χ1v) is 6.88. The van der Waals surface area contributed by atoms with E-state index in [4.69, 9.17) is 0 Å². The highest BCUT2D eigenvalue weighted by molar-refractivity contribution is 5.09. The van der Waals surface area contributed by atoms with E-state index in [0.29, 0.717) is 6.04 Å². The molecule has 1 aromatic heterocycles. The number of hydrogen-bond donors (Lipinski definition) is 1. The summed E-state index contributed by atoms with van der Waals surface area (Å²) in [5, 5.41) is 3.54. The largest absolute Gasteiger partial charge is 0.310 e. The van der Waals surface area contributed by atoms with Crippen molar-refractivity contribution in [3.8, 4) is 0 Å². The zero-order chi connectivity index (χ0) is 11.9. The van der Waals surface area contributed by atoms with E-state index in [-0.39, 0.29) is 0 Å². The van der Waals surface area contributed by atoms with Gasteiger partial charge in [-0.2, -0.15) is 0 Å². The van der Waals surface area contributed by atoms with Gasteiger partial charge in [-0.05, 0) is 25.3 Å². The summed E-state index contributed by atoms with van der Waals surface area (Å²) in [5.74, 6) is 0.959. The molecule has 0 radical (unpaired) electrons. The summed E-state index contributed by atoms with van der Waals surface area (Å²) in [4.78, 5) is 8.23. The molecule has 0 bridgehead atoms. The Morgan fingerprint density at radius 2 is 2.00 bits per heavy atom. The Kier molecular flexibility index (Phi) is 4.92. The maximum Gasteiger partial charge on any atom is 0.115 e. The van der Waals surface area contributed by atoms with Crippen LogP contribution in [0.3, 0.4) is 0 Å². The van der Waals surface area contributed by atoms with E-state index in [1.54, 1.807) is 6.33 Å². The van der Waals surface area contributed by atoms with Crippen LogP contribution in [0.5, 0.6) is 0 Å². The van der Waals surface area contributed by atoms with Gasteiger partial charge in [0.15, 0.2) is 0 Å². The van der Waals surface area contributed by atoms with Crippen LogP contribution >= 0.6 is 0 Å². The second-order valence-corrected chi connectivity index (χ2v) is 5.01. The van der Waals surface area contributed by atoms with Crippen molar-refractivity contribution in [2.45, 2.75) is 51.5 Å². The molecule has 1 fully saturated rings. The third-order valence-corrected chi connectivity index (χ3v) is 3.77. The van der Waals surface area contributed by atoms with Gasteiger partial charge in [0.1, 0.15) is 6.33 Å². The van der Waals surface area contributed by atoms with Crippen molar-refractivity contribution in [1.82, 2.24) is 15.3 Å². The van der Waals surface area contributed by atoms with Gasteiger partial charge >= 0.3 is 0 Å². The Balaban J connectivity index is 1.88. The summed E-state index contributed by atoms with van der Waals surface area (Å²) in [5.41, 5.74) is 1.23. The predicted molar refractivity (Wildman–Crippen MR) is 69.6 cm³/mol. The molecule has 1 heterocycles. The summed E-state index contributed by atoms with van der Waals surface area (Å²) >= 11 is 0. The minimum atomic E-state index is 0.432. The van der Waals surface area contributed by atoms with Crippen LogP contribution in [0.25, 0.3) is 0 Å². The van der Waals surface area contributed by atoms with E-state index in [1.807, 2.05) is 12.4 Å². The van der Waals surface area contributed by atoms with E-state index in [2.05, 4.69) is 22.2 Å². The molecule has 1 aliphatic rings. The van der Waals surface area contributed by atoms with Crippen LogP contribution in [0.2, 0.25) is 0 Å². The maximum atomic E-state index is 4.12. The number of nitrogens with one attached hydrogen (secondary N) is 1. The highest BCUT2D eigenvalue weighted by Crippen LogP contribution is 2.31. The smallest absolute Gasteiger partial charge is 0.115 e. The lowest BCUT2D eigenvalue weighted by Crippen LogP contribution is -2.21. The van der Waals surface area contributed by atoms with Gasteiger partial charge in [-0.25, -0.2) is 9.97 Å². The molecule has 1 atom stereocenters. The fraction of sp³-hybridized carbons (Fsp3) is 0.714. The third kappa shape index (κ3) is 3.77. The topological polar surface area (TPSA) is 37.8 Å². The monoisotopic (exact) mass is 233 g/mol. The molecule has 1 aromatic rings. The first kappa shape index (κ1) is 12.5. The summed E-state index contributed by atoms with van der Waals surface area (Å²) < 4.78 is 0. The molecule has 1 unspecified atom stereocenters. The third-order valence-electron chi connectivity index (χ3n) is 3.77. The van der Waals surface area contributed by atoms with Gasteiger partial charge < -0.3 is 5.32 Å². The summed E-state index contributed by atoms with van der Waals surface area (Å²) in [7, 11) is 0. The minimum absolute atomic E-state index is 0.432. The fourth-order valence-electron chi connectivity index (χ4n) is 2.82. The molecule has 0 spiro atoms. The normalized spacial score (nSPS) is 18.4. The molecule has 0 aromatic carbocycles. The molecule has 0 amide bonds. The van der Waals surface area contributed by atoms with Crippen LogP contribution in [-0.4, -0.2) is 16.5 Å². The second-order valence-electron chi connectivity index (χ2n) is 5.01. The highest BCUT2D eigenvalue weighted by Gasteiger charge is 2.18. The van der Waals surface area contributed by atoms with E-state index >= 15 is 0 Å². The molecule has 0 saturated heterocycles. The first-order valence-electron chi connectivity index (χ1n) is 6.88. The molecule has 17 heavy (non-hydrogen) atoms. The minimum Gasteiger partial charge on any atom is -0.310 e.